The van der Waals surface area contributed by atoms with E-state index in [9.17, 15) is 33.7 Å². The maximum atomic E-state index is 10.6. The second-order valence-corrected chi connectivity index (χ2v) is 14.5. The summed E-state index contributed by atoms with van der Waals surface area (Å²) in [6, 6.07) is 25.1. The standard InChI is InChI=1S/4C7H8O3S.Si/c4*1-6-4-2-3-5-7(6)11(8,9)10;/h4*2-5H,1H3,(H,8,9,10);. The van der Waals surface area contributed by atoms with Crippen molar-refractivity contribution >= 4 is 51.4 Å². The van der Waals surface area contributed by atoms with Gasteiger partial charge < -0.3 is 0 Å². The van der Waals surface area contributed by atoms with Crippen LogP contribution in [0, 0.1) is 27.7 Å². The number of aryl methyl sites for hydroxylation is 4. The Balaban J connectivity index is 0.000000569. The summed E-state index contributed by atoms with van der Waals surface area (Å²) in [6.07, 6.45) is 0. The molecule has 0 atom stereocenters. The first-order chi connectivity index (χ1) is 20.1. The molecule has 4 aromatic rings. The zero-order chi connectivity index (χ0) is 33.9. The molecule has 0 saturated carbocycles. The highest BCUT2D eigenvalue weighted by molar-refractivity contribution is 7.86. The molecule has 0 amide bonds. The molecular formula is C28H32O12S4Si. The molecule has 0 unspecified atom stereocenters. The van der Waals surface area contributed by atoms with E-state index < -0.39 is 40.5 Å². The van der Waals surface area contributed by atoms with Crippen LogP contribution < -0.4 is 0 Å². The lowest BCUT2D eigenvalue weighted by atomic mass is 10.2. The molecule has 0 aromatic heterocycles. The Morgan fingerprint density at radius 1 is 0.333 bits per heavy atom. The fourth-order valence-corrected chi connectivity index (χ4v) is 6.29. The predicted molar refractivity (Wildman–Crippen MR) is 170 cm³/mol. The quantitative estimate of drug-likeness (QED) is 0.168. The van der Waals surface area contributed by atoms with Crippen LogP contribution in [0.4, 0.5) is 0 Å². The molecule has 4 radical (unpaired) electrons. The van der Waals surface area contributed by atoms with Crippen molar-refractivity contribution in [1.82, 2.24) is 0 Å². The molecule has 12 nitrogen and oxygen atoms in total. The van der Waals surface area contributed by atoms with Crippen LogP contribution in [0.1, 0.15) is 22.3 Å². The highest BCUT2D eigenvalue weighted by atomic mass is 32.2. The summed E-state index contributed by atoms with van der Waals surface area (Å²) < 4.78 is 119. The van der Waals surface area contributed by atoms with Crippen LogP contribution in [0.5, 0.6) is 0 Å². The molecule has 244 valence electrons. The SMILES string of the molecule is Cc1ccccc1S(=O)(=O)O.Cc1ccccc1S(=O)(=O)O.Cc1ccccc1S(=O)(=O)O.Cc1ccccc1S(=O)(=O)O.[Si]. The maximum Gasteiger partial charge on any atom is 0.294 e. The normalized spacial score (nSPS) is 11.2. The van der Waals surface area contributed by atoms with E-state index in [0.29, 0.717) is 22.3 Å². The van der Waals surface area contributed by atoms with Gasteiger partial charge in [0.25, 0.3) is 40.5 Å². The second kappa shape index (κ2) is 17.4. The summed E-state index contributed by atoms with van der Waals surface area (Å²) in [7, 11) is -16.1. The maximum absolute atomic E-state index is 10.6. The van der Waals surface area contributed by atoms with Crippen molar-refractivity contribution < 1.29 is 51.9 Å². The number of rotatable bonds is 4. The van der Waals surface area contributed by atoms with E-state index in [1.807, 2.05) is 0 Å². The van der Waals surface area contributed by atoms with Crippen LogP contribution in [-0.4, -0.2) is 62.8 Å². The molecular weight excluding hydrogens is 685 g/mol. The minimum absolute atomic E-state index is 0. The van der Waals surface area contributed by atoms with Gasteiger partial charge in [-0.2, -0.15) is 33.7 Å². The van der Waals surface area contributed by atoms with Crippen LogP contribution in [0.2, 0.25) is 0 Å². The van der Waals surface area contributed by atoms with Gasteiger partial charge in [-0.15, -0.1) is 0 Å². The Kier molecular flexibility index (Phi) is 16.2. The van der Waals surface area contributed by atoms with Crippen molar-refractivity contribution in [2.75, 3.05) is 0 Å². The van der Waals surface area contributed by atoms with Crippen LogP contribution in [0.25, 0.3) is 0 Å². The van der Waals surface area contributed by atoms with E-state index in [0.717, 1.165) is 0 Å². The molecule has 0 saturated heterocycles. The first-order valence-electron chi connectivity index (χ1n) is 12.2. The third-order valence-corrected chi connectivity index (χ3v) is 9.54. The fourth-order valence-electron chi connectivity index (χ4n) is 3.38. The van der Waals surface area contributed by atoms with E-state index in [4.69, 9.17) is 18.2 Å². The molecule has 4 rings (SSSR count). The first-order valence-corrected chi connectivity index (χ1v) is 17.9. The molecule has 0 aliphatic carbocycles. The third-order valence-electron chi connectivity index (χ3n) is 5.49. The second-order valence-electron chi connectivity index (χ2n) is 8.96. The van der Waals surface area contributed by atoms with Crippen molar-refractivity contribution in [3.8, 4) is 0 Å². The van der Waals surface area contributed by atoms with Crippen LogP contribution in [0.15, 0.2) is 117 Å². The van der Waals surface area contributed by atoms with Crippen molar-refractivity contribution in [3.63, 3.8) is 0 Å². The summed E-state index contributed by atoms with van der Waals surface area (Å²) in [6.45, 7) is 6.51. The Labute approximate surface area is 268 Å². The zero-order valence-electron chi connectivity index (χ0n) is 24.4. The molecule has 0 aliphatic rings. The molecule has 0 aliphatic heterocycles. The topological polar surface area (TPSA) is 217 Å². The lowest BCUT2D eigenvalue weighted by molar-refractivity contribution is 0.480. The Hall–Kier alpha value is -3.26. The number of hydrogen-bond acceptors (Lipinski definition) is 8. The average Bonchev–Trinajstić information content (AvgIpc) is 2.88. The summed E-state index contributed by atoms with van der Waals surface area (Å²) in [5.41, 5.74) is 2.20. The zero-order valence-corrected chi connectivity index (χ0v) is 28.7. The van der Waals surface area contributed by atoms with Crippen molar-refractivity contribution in [3.05, 3.63) is 119 Å². The van der Waals surface area contributed by atoms with Gasteiger partial charge in [-0.25, -0.2) is 0 Å². The highest BCUT2D eigenvalue weighted by Gasteiger charge is 2.12. The largest absolute Gasteiger partial charge is 0.294 e. The monoisotopic (exact) mass is 716 g/mol. The molecule has 0 heterocycles. The van der Waals surface area contributed by atoms with Gasteiger partial charge in [0.1, 0.15) is 0 Å². The van der Waals surface area contributed by atoms with Gasteiger partial charge in [0.05, 0.1) is 19.6 Å². The van der Waals surface area contributed by atoms with Crippen LogP contribution >= 0.6 is 0 Å². The molecule has 4 aromatic carbocycles. The summed E-state index contributed by atoms with van der Waals surface area (Å²) >= 11 is 0. The van der Waals surface area contributed by atoms with E-state index in [1.54, 1.807) is 100 Å². The van der Waals surface area contributed by atoms with Gasteiger partial charge in [0.15, 0.2) is 0 Å². The summed E-state index contributed by atoms with van der Waals surface area (Å²) in [5.74, 6) is 0. The predicted octanol–water partition coefficient (Wildman–Crippen LogP) is 4.59. The minimum atomic E-state index is -4.03. The fraction of sp³-hybridized carbons (Fsp3) is 0.143. The van der Waals surface area contributed by atoms with Crippen LogP contribution in [0.3, 0.4) is 0 Å². The minimum Gasteiger partial charge on any atom is -0.282 e. The Bertz CT molecular complexity index is 1720. The van der Waals surface area contributed by atoms with Crippen molar-refractivity contribution in [2.24, 2.45) is 0 Å². The first kappa shape index (κ1) is 41.7. The van der Waals surface area contributed by atoms with E-state index in [1.165, 1.54) is 24.3 Å². The smallest absolute Gasteiger partial charge is 0.282 e. The van der Waals surface area contributed by atoms with Gasteiger partial charge in [-0.1, -0.05) is 72.8 Å². The van der Waals surface area contributed by atoms with Crippen LogP contribution in [-0.2, 0) is 40.5 Å². The van der Waals surface area contributed by atoms with E-state index in [2.05, 4.69) is 0 Å². The molecule has 45 heavy (non-hydrogen) atoms. The number of benzene rings is 4. The van der Waals surface area contributed by atoms with Gasteiger partial charge in [0.2, 0.25) is 0 Å². The van der Waals surface area contributed by atoms with Crippen molar-refractivity contribution in [1.29, 1.82) is 0 Å². The van der Waals surface area contributed by atoms with Crippen molar-refractivity contribution in [2.45, 2.75) is 47.3 Å². The molecule has 17 heteroatoms. The molecule has 0 bridgehead atoms. The lowest BCUT2D eigenvalue weighted by Crippen LogP contribution is -1.99. The average molecular weight is 717 g/mol. The highest BCUT2D eigenvalue weighted by Crippen LogP contribution is 2.15. The number of hydrogen-bond donors (Lipinski definition) is 4. The summed E-state index contributed by atoms with van der Waals surface area (Å²) in [5, 5.41) is 0. The third kappa shape index (κ3) is 14.6. The summed E-state index contributed by atoms with van der Waals surface area (Å²) in [4.78, 5) is -0.111. The van der Waals surface area contributed by atoms with Gasteiger partial charge in [-0.05, 0) is 74.2 Å². The molecule has 0 spiro atoms. The van der Waals surface area contributed by atoms with E-state index >= 15 is 0 Å². The molecule has 4 N–H and O–H groups in total. The van der Waals surface area contributed by atoms with E-state index in [-0.39, 0.29) is 30.5 Å². The molecule has 0 fully saturated rings. The van der Waals surface area contributed by atoms with Gasteiger partial charge >= 0.3 is 0 Å². The Morgan fingerprint density at radius 3 is 0.556 bits per heavy atom. The van der Waals surface area contributed by atoms with Gasteiger partial charge in [0, 0.05) is 11.0 Å². The lowest BCUT2D eigenvalue weighted by Gasteiger charge is -1.99. The van der Waals surface area contributed by atoms with Gasteiger partial charge in [-0.3, -0.25) is 18.2 Å². The Morgan fingerprint density at radius 2 is 0.467 bits per heavy atom.